The molecule has 0 amide bonds. The smallest absolute Gasteiger partial charge is 0.368 e. The molecule has 106 valence electrons. The van der Waals surface area contributed by atoms with Crippen LogP contribution in [0.4, 0.5) is 19.1 Å². The van der Waals surface area contributed by atoms with Gasteiger partial charge in [-0.2, -0.15) is 13.2 Å². The van der Waals surface area contributed by atoms with Gasteiger partial charge in [0.2, 0.25) is 5.95 Å². The highest BCUT2D eigenvalue weighted by atomic mass is 32.2. The van der Waals surface area contributed by atoms with Crippen LogP contribution in [0.3, 0.4) is 0 Å². The molecule has 1 heterocycles. The van der Waals surface area contributed by atoms with Crippen LogP contribution in [0.5, 0.6) is 0 Å². The molecule has 0 unspecified atom stereocenters. The summed E-state index contributed by atoms with van der Waals surface area (Å²) < 4.78 is 38.0. The number of aromatic nitrogens is 2. The van der Waals surface area contributed by atoms with Gasteiger partial charge in [-0.25, -0.2) is 9.97 Å². The maximum absolute atomic E-state index is 12.7. The molecule has 2 N–H and O–H groups in total. The lowest BCUT2D eigenvalue weighted by atomic mass is 10.2. The number of alkyl halides is 3. The van der Waals surface area contributed by atoms with E-state index < -0.39 is 11.9 Å². The standard InChI is InChI=1S/C13H12F3N3S/c1-7-3-4-9(8(2)5-7)20-11-6-10(13(14,15)16)18-12(17)19-11/h3-6H,1-2H3,(H2,17,18,19). The number of rotatable bonds is 2. The lowest BCUT2D eigenvalue weighted by Crippen LogP contribution is -2.11. The quantitative estimate of drug-likeness (QED) is 0.856. The van der Waals surface area contributed by atoms with Gasteiger partial charge >= 0.3 is 6.18 Å². The Bertz CT molecular complexity index is 641. The van der Waals surface area contributed by atoms with Gasteiger partial charge in [-0.05, 0) is 25.5 Å². The summed E-state index contributed by atoms with van der Waals surface area (Å²) in [5.41, 5.74) is 6.37. The van der Waals surface area contributed by atoms with Crippen LogP contribution in [0.2, 0.25) is 0 Å². The van der Waals surface area contributed by atoms with Crippen molar-refractivity contribution in [2.24, 2.45) is 0 Å². The minimum absolute atomic E-state index is 0.178. The Kier molecular flexibility index (Phi) is 3.89. The molecular weight excluding hydrogens is 287 g/mol. The number of halogens is 3. The molecule has 0 atom stereocenters. The first-order valence-electron chi connectivity index (χ1n) is 5.72. The number of benzene rings is 1. The zero-order chi connectivity index (χ0) is 14.9. The zero-order valence-electron chi connectivity index (χ0n) is 10.8. The molecule has 0 aliphatic heterocycles. The topological polar surface area (TPSA) is 51.8 Å². The van der Waals surface area contributed by atoms with Crippen molar-refractivity contribution in [3.63, 3.8) is 0 Å². The normalized spacial score (nSPS) is 11.7. The third-order valence-corrected chi connectivity index (χ3v) is 3.65. The first-order chi connectivity index (χ1) is 9.25. The number of nitrogen functional groups attached to an aromatic ring is 1. The van der Waals surface area contributed by atoms with Gasteiger partial charge in [-0.15, -0.1) is 0 Å². The summed E-state index contributed by atoms with van der Waals surface area (Å²) in [6, 6.07) is 6.60. The molecule has 0 spiro atoms. The highest BCUT2D eigenvalue weighted by Crippen LogP contribution is 2.34. The summed E-state index contributed by atoms with van der Waals surface area (Å²) in [4.78, 5) is 7.88. The van der Waals surface area contributed by atoms with Gasteiger partial charge in [-0.3, -0.25) is 0 Å². The van der Waals surface area contributed by atoms with Crippen LogP contribution in [0, 0.1) is 13.8 Å². The highest BCUT2D eigenvalue weighted by molar-refractivity contribution is 7.99. The first kappa shape index (κ1) is 14.6. The molecule has 2 aromatic rings. The Hall–Kier alpha value is -1.76. The molecule has 1 aromatic heterocycles. The second-order valence-electron chi connectivity index (χ2n) is 4.32. The number of anilines is 1. The van der Waals surface area contributed by atoms with E-state index in [-0.39, 0.29) is 11.0 Å². The largest absolute Gasteiger partial charge is 0.433 e. The monoisotopic (exact) mass is 299 g/mol. The van der Waals surface area contributed by atoms with E-state index in [0.717, 1.165) is 33.9 Å². The molecule has 20 heavy (non-hydrogen) atoms. The van der Waals surface area contributed by atoms with Crippen molar-refractivity contribution in [1.82, 2.24) is 9.97 Å². The van der Waals surface area contributed by atoms with Crippen molar-refractivity contribution in [3.8, 4) is 0 Å². The minimum atomic E-state index is -4.53. The lowest BCUT2D eigenvalue weighted by Gasteiger charge is -2.09. The fraction of sp³-hybridized carbons (Fsp3) is 0.231. The molecule has 7 heteroatoms. The van der Waals surface area contributed by atoms with Gasteiger partial charge in [0.25, 0.3) is 0 Å². The van der Waals surface area contributed by atoms with Crippen LogP contribution in [0.15, 0.2) is 34.2 Å². The van der Waals surface area contributed by atoms with Crippen molar-refractivity contribution in [3.05, 3.63) is 41.1 Å². The van der Waals surface area contributed by atoms with Gasteiger partial charge in [0.1, 0.15) is 5.03 Å². The molecule has 0 aliphatic rings. The molecule has 3 nitrogen and oxygen atoms in total. The molecule has 0 aliphatic carbocycles. The Morgan fingerprint density at radius 3 is 2.40 bits per heavy atom. The first-order valence-corrected chi connectivity index (χ1v) is 6.54. The Balaban J connectivity index is 2.36. The van der Waals surface area contributed by atoms with E-state index in [1.807, 2.05) is 32.0 Å². The fourth-order valence-electron chi connectivity index (χ4n) is 1.67. The SMILES string of the molecule is Cc1ccc(Sc2cc(C(F)(F)F)nc(N)n2)c(C)c1. The summed E-state index contributed by atoms with van der Waals surface area (Å²) in [6.45, 7) is 3.84. The number of hydrogen-bond donors (Lipinski definition) is 1. The van der Waals surface area contributed by atoms with E-state index in [4.69, 9.17) is 5.73 Å². The Morgan fingerprint density at radius 2 is 1.80 bits per heavy atom. The van der Waals surface area contributed by atoms with Crippen molar-refractivity contribution in [2.45, 2.75) is 29.9 Å². The Labute approximate surface area is 118 Å². The number of nitrogens with zero attached hydrogens (tertiary/aromatic N) is 2. The van der Waals surface area contributed by atoms with Gasteiger partial charge in [-0.1, -0.05) is 29.5 Å². The Morgan fingerprint density at radius 1 is 1.10 bits per heavy atom. The summed E-state index contributed by atoms with van der Waals surface area (Å²) in [6.07, 6.45) is -4.53. The van der Waals surface area contributed by atoms with Crippen molar-refractivity contribution < 1.29 is 13.2 Å². The van der Waals surface area contributed by atoms with Crippen LogP contribution in [0.1, 0.15) is 16.8 Å². The van der Waals surface area contributed by atoms with E-state index in [1.165, 1.54) is 0 Å². The van der Waals surface area contributed by atoms with E-state index in [1.54, 1.807) is 0 Å². The number of hydrogen-bond acceptors (Lipinski definition) is 4. The second kappa shape index (κ2) is 5.32. The average Bonchev–Trinajstić information content (AvgIpc) is 2.31. The molecular formula is C13H12F3N3S. The summed E-state index contributed by atoms with van der Waals surface area (Å²) in [5, 5.41) is 0.178. The summed E-state index contributed by atoms with van der Waals surface area (Å²) in [7, 11) is 0. The fourth-order valence-corrected chi connectivity index (χ4v) is 2.56. The maximum Gasteiger partial charge on any atom is 0.433 e. The minimum Gasteiger partial charge on any atom is -0.368 e. The van der Waals surface area contributed by atoms with E-state index in [0.29, 0.717) is 0 Å². The number of aryl methyl sites for hydroxylation is 2. The van der Waals surface area contributed by atoms with Gasteiger partial charge < -0.3 is 5.73 Å². The molecule has 0 saturated heterocycles. The third-order valence-electron chi connectivity index (χ3n) is 2.56. The number of nitrogens with two attached hydrogens (primary N) is 1. The van der Waals surface area contributed by atoms with Gasteiger partial charge in [0, 0.05) is 11.0 Å². The van der Waals surface area contributed by atoms with Gasteiger partial charge in [0.15, 0.2) is 5.69 Å². The molecule has 0 fully saturated rings. The van der Waals surface area contributed by atoms with E-state index >= 15 is 0 Å². The van der Waals surface area contributed by atoms with Gasteiger partial charge in [0.05, 0.1) is 0 Å². The molecule has 1 aromatic carbocycles. The van der Waals surface area contributed by atoms with Crippen LogP contribution < -0.4 is 5.73 Å². The van der Waals surface area contributed by atoms with Crippen LogP contribution >= 0.6 is 11.8 Å². The van der Waals surface area contributed by atoms with Crippen molar-refractivity contribution in [1.29, 1.82) is 0 Å². The van der Waals surface area contributed by atoms with Crippen molar-refractivity contribution in [2.75, 3.05) is 5.73 Å². The molecule has 2 rings (SSSR count). The van der Waals surface area contributed by atoms with E-state index in [9.17, 15) is 13.2 Å². The molecule has 0 radical (unpaired) electrons. The molecule has 0 bridgehead atoms. The summed E-state index contributed by atoms with van der Waals surface area (Å²) >= 11 is 1.14. The van der Waals surface area contributed by atoms with Crippen LogP contribution in [-0.4, -0.2) is 9.97 Å². The summed E-state index contributed by atoms with van der Waals surface area (Å²) in [5.74, 6) is -0.382. The lowest BCUT2D eigenvalue weighted by molar-refractivity contribution is -0.141. The second-order valence-corrected chi connectivity index (χ2v) is 5.38. The molecule has 0 saturated carbocycles. The van der Waals surface area contributed by atoms with E-state index in [2.05, 4.69) is 9.97 Å². The maximum atomic E-state index is 12.7. The highest BCUT2D eigenvalue weighted by Gasteiger charge is 2.33. The van der Waals surface area contributed by atoms with Crippen LogP contribution in [0.25, 0.3) is 0 Å². The third kappa shape index (κ3) is 3.41. The predicted molar refractivity (Wildman–Crippen MR) is 71.5 cm³/mol. The van der Waals surface area contributed by atoms with Crippen LogP contribution in [-0.2, 0) is 6.18 Å². The van der Waals surface area contributed by atoms with Crippen molar-refractivity contribution >= 4 is 17.7 Å². The predicted octanol–water partition coefficient (Wildman–Crippen LogP) is 3.85. The zero-order valence-corrected chi connectivity index (χ0v) is 11.6. The average molecular weight is 299 g/mol.